The third kappa shape index (κ3) is 4.40. The molecule has 1 aliphatic heterocycles. The fraction of sp³-hybridized carbons (Fsp3) is 0.130. The molecule has 0 unspecified atom stereocenters. The van der Waals surface area contributed by atoms with E-state index in [0.717, 1.165) is 4.70 Å². The van der Waals surface area contributed by atoms with Crippen molar-refractivity contribution in [3.8, 4) is 17.2 Å². The van der Waals surface area contributed by atoms with Gasteiger partial charge in [-0.25, -0.2) is 18.1 Å². The van der Waals surface area contributed by atoms with Gasteiger partial charge in [-0.05, 0) is 48.0 Å². The van der Waals surface area contributed by atoms with Gasteiger partial charge in [0.05, 0.1) is 16.7 Å². The van der Waals surface area contributed by atoms with Gasteiger partial charge < -0.3 is 14.2 Å². The van der Waals surface area contributed by atoms with Gasteiger partial charge in [0.15, 0.2) is 16.6 Å². The predicted molar refractivity (Wildman–Crippen MR) is 127 cm³/mol. The standard InChI is InChI=1S/C23H19N3O6S2/c1-30-18-6-3-7-20-21(18)25-23(33-20)26-22(27)15-4-2-5-16(11-15)34(28,29)24-12-14-8-9-17-19(10-14)32-13-31-17/h2-11,24H,12-13H2,1H3,(H,25,26,27). The smallest absolute Gasteiger partial charge is 0.257 e. The molecule has 0 saturated carbocycles. The molecule has 4 aromatic rings. The van der Waals surface area contributed by atoms with Gasteiger partial charge >= 0.3 is 0 Å². The van der Waals surface area contributed by atoms with E-state index in [4.69, 9.17) is 14.2 Å². The van der Waals surface area contributed by atoms with Crippen LogP contribution in [0.3, 0.4) is 0 Å². The number of thiazole rings is 1. The van der Waals surface area contributed by atoms with Gasteiger partial charge in [0, 0.05) is 12.1 Å². The maximum atomic E-state index is 12.8. The van der Waals surface area contributed by atoms with Gasteiger partial charge in [0.2, 0.25) is 16.8 Å². The van der Waals surface area contributed by atoms with E-state index in [1.165, 1.54) is 29.5 Å². The molecule has 2 N–H and O–H groups in total. The van der Waals surface area contributed by atoms with Gasteiger partial charge in [-0.3, -0.25) is 10.1 Å². The number of fused-ring (bicyclic) bond motifs is 2. The lowest BCUT2D eigenvalue weighted by atomic mass is 10.2. The van der Waals surface area contributed by atoms with Gasteiger partial charge in [0.25, 0.3) is 5.91 Å². The monoisotopic (exact) mass is 497 g/mol. The quantitative estimate of drug-likeness (QED) is 0.399. The van der Waals surface area contributed by atoms with Crippen molar-refractivity contribution in [2.45, 2.75) is 11.4 Å². The summed E-state index contributed by atoms with van der Waals surface area (Å²) in [7, 11) is -2.31. The highest BCUT2D eigenvalue weighted by atomic mass is 32.2. The van der Waals surface area contributed by atoms with Gasteiger partial charge in [-0.2, -0.15) is 0 Å². The first kappa shape index (κ1) is 22.1. The maximum absolute atomic E-state index is 12.8. The Kier molecular flexibility index (Phi) is 5.82. The SMILES string of the molecule is COc1cccc2sc(NC(=O)c3cccc(S(=O)(=O)NCc4ccc5c(c4)OCO5)c3)nc12. The van der Waals surface area contributed by atoms with Crippen LogP contribution in [0.25, 0.3) is 10.2 Å². The van der Waals surface area contributed by atoms with Crippen LogP contribution in [0.1, 0.15) is 15.9 Å². The molecule has 1 aliphatic rings. The van der Waals surface area contributed by atoms with Crippen LogP contribution in [0.4, 0.5) is 5.13 Å². The van der Waals surface area contributed by atoms with E-state index in [9.17, 15) is 13.2 Å². The topological polar surface area (TPSA) is 116 Å². The number of ether oxygens (including phenoxy) is 3. The van der Waals surface area contributed by atoms with E-state index in [-0.39, 0.29) is 23.8 Å². The number of nitrogens with zero attached hydrogens (tertiary/aromatic N) is 1. The van der Waals surface area contributed by atoms with Crippen molar-refractivity contribution in [2.75, 3.05) is 19.2 Å². The molecular weight excluding hydrogens is 478 g/mol. The number of hydrogen-bond acceptors (Lipinski definition) is 8. The van der Waals surface area contributed by atoms with Crippen LogP contribution in [-0.4, -0.2) is 33.2 Å². The van der Waals surface area contributed by atoms with Gasteiger partial charge in [-0.1, -0.05) is 29.5 Å². The molecule has 3 aromatic carbocycles. The lowest BCUT2D eigenvalue weighted by molar-refractivity contribution is 0.102. The summed E-state index contributed by atoms with van der Waals surface area (Å²) in [6.07, 6.45) is 0. The van der Waals surface area contributed by atoms with Crippen molar-refractivity contribution < 1.29 is 27.4 Å². The summed E-state index contributed by atoms with van der Waals surface area (Å²) in [5.41, 5.74) is 1.56. The predicted octanol–water partition coefficient (Wildman–Crippen LogP) is 3.76. The summed E-state index contributed by atoms with van der Waals surface area (Å²) in [4.78, 5) is 17.2. The first-order chi connectivity index (χ1) is 16.4. The molecule has 174 valence electrons. The average molecular weight is 498 g/mol. The van der Waals surface area contributed by atoms with E-state index in [2.05, 4.69) is 15.0 Å². The van der Waals surface area contributed by atoms with E-state index in [0.29, 0.717) is 33.5 Å². The number of rotatable bonds is 7. The van der Waals surface area contributed by atoms with Crippen LogP contribution in [0.2, 0.25) is 0 Å². The van der Waals surface area contributed by atoms with E-state index in [1.54, 1.807) is 37.4 Å². The number of anilines is 1. The van der Waals surface area contributed by atoms with Crippen LogP contribution in [0.15, 0.2) is 65.6 Å². The normalized spacial score (nSPS) is 12.6. The second kappa shape index (κ2) is 8.93. The molecule has 0 radical (unpaired) electrons. The maximum Gasteiger partial charge on any atom is 0.257 e. The lowest BCUT2D eigenvalue weighted by Crippen LogP contribution is -2.23. The number of benzene rings is 3. The zero-order chi connectivity index (χ0) is 23.7. The molecule has 0 bridgehead atoms. The number of hydrogen-bond donors (Lipinski definition) is 2. The zero-order valence-corrected chi connectivity index (χ0v) is 19.5. The van der Waals surface area contributed by atoms with Crippen LogP contribution in [0.5, 0.6) is 17.2 Å². The molecule has 2 heterocycles. The lowest BCUT2D eigenvalue weighted by Gasteiger charge is -2.09. The number of aromatic nitrogens is 1. The van der Waals surface area contributed by atoms with E-state index >= 15 is 0 Å². The summed E-state index contributed by atoms with van der Waals surface area (Å²) in [6, 6.07) is 16.5. The molecule has 9 nitrogen and oxygen atoms in total. The van der Waals surface area contributed by atoms with Crippen molar-refractivity contribution in [1.29, 1.82) is 0 Å². The summed E-state index contributed by atoms with van der Waals surface area (Å²) < 4.78 is 45.0. The van der Waals surface area contributed by atoms with Crippen molar-refractivity contribution >= 4 is 42.6 Å². The number of carbonyl (C=O) groups is 1. The Hall–Kier alpha value is -3.67. The zero-order valence-electron chi connectivity index (χ0n) is 17.9. The molecule has 0 saturated heterocycles. The Morgan fingerprint density at radius 2 is 1.91 bits per heavy atom. The fourth-order valence-corrected chi connectivity index (χ4v) is 5.37. The largest absolute Gasteiger partial charge is 0.494 e. The second-order valence-electron chi connectivity index (χ2n) is 7.32. The third-order valence-corrected chi connectivity index (χ3v) is 7.47. The number of sulfonamides is 1. The summed E-state index contributed by atoms with van der Waals surface area (Å²) in [5, 5.41) is 3.12. The molecule has 11 heteroatoms. The van der Waals surface area contributed by atoms with Gasteiger partial charge in [0.1, 0.15) is 11.3 Å². The molecule has 34 heavy (non-hydrogen) atoms. The van der Waals surface area contributed by atoms with E-state index < -0.39 is 15.9 Å². The van der Waals surface area contributed by atoms with Crippen LogP contribution in [-0.2, 0) is 16.6 Å². The van der Waals surface area contributed by atoms with Crippen molar-refractivity contribution in [2.24, 2.45) is 0 Å². The number of nitrogens with one attached hydrogen (secondary N) is 2. The molecule has 0 spiro atoms. The summed E-state index contributed by atoms with van der Waals surface area (Å²) >= 11 is 1.30. The van der Waals surface area contributed by atoms with Crippen LogP contribution >= 0.6 is 11.3 Å². The highest BCUT2D eigenvalue weighted by Crippen LogP contribution is 2.33. The first-order valence-corrected chi connectivity index (χ1v) is 12.5. The molecule has 1 aromatic heterocycles. The second-order valence-corrected chi connectivity index (χ2v) is 10.1. The Morgan fingerprint density at radius 3 is 2.76 bits per heavy atom. The van der Waals surface area contributed by atoms with Crippen LogP contribution < -0.4 is 24.2 Å². The number of amides is 1. The van der Waals surface area contributed by atoms with Crippen molar-refractivity contribution in [3.05, 3.63) is 71.8 Å². The van der Waals surface area contributed by atoms with Crippen molar-refractivity contribution in [3.63, 3.8) is 0 Å². The highest BCUT2D eigenvalue weighted by Gasteiger charge is 2.19. The third-order valence-electron chi connectivity index (χ3n) is 5.13. The van der Waals surface area contributed by atoms with Gasteiger partial charge in [-0.15, -0.1) is 0 Å². The minimum absolute atomic E-state index is 0.0214. The van der Waals surface area contributed by atoms with Crippen LogP contribution in [0, 0.1) is 0 Å². The Balaban J connectivity index is 1.30. The average Bonchev–Trinajstić information content (AvgIpc) is 3.48. The van der Waals surface area contributed by atoms with E-state index in [1.807, 2.05) is 12.1 Å². The summed E-state index contributed by atoms with van der Waals surface area (Å²) in [6.45, 7) is 0.201. The minimum Gasteiger partial charge on any atom is -0.494 e. The van der Waals surface area contributed by atoms with Crippen molar-refractivity contribution in [1.82, 2.24) is 9.71 Å². The molecular formula is C23H19N3O6S2. The Labute approximate surface area is 199 Å². The first-order valence-electron chi connectivity index (χ1n) is 10.2. The summed E-state index contributed by atoms with van der Waals surface area (Å²) in [5.74, 6) is 1.33. The number of methoxy groups -OCH3 is 1. The molecule has 1 amide bonds. The molecule has 0 fully saturated rings. The minimum atomic E-state index is -3.86. The Morgan fingerprint density at radius 1 is 1.09 bits per heavy atom. The molecule has 5 rings (SSSR count). The fourth-order valence-electron chi connectivity index (χ4n) is 3.43. The molecule has 0 aliphatic carbocycles. The number of carbonyl (C=O) groups excluding carboxylic acids is 1. The molecule has 0 atom stereocenters. The Bertz CT molecular complexity index is 1500. The number of para-hydroxylation sites is 1. The highest BCUT2D eigenvalue weighted by molar-refractivity contribution is 7.89.